The first-order valence-corrected chi connectivity index (χ1v) is 6.13. The zero-order valence-corrected chi connectivity index (χ0v) is 10.5. The van der Waals surface area contributed by atoms with E-state index < -0.39 is 0 Å². The van der Waals surface area contributed by atoms with Crippen molar-refractivity contribution in [3.63, 3.8) is 0 Å². The van der Waals surface area contributed by atoms with Crippen LogP contribution in [0, 0.1) is 6.92 Å². The molecule has 0 heterocycles. The molecule has 1 aliphatic carbocycles. The quantitative estimate of drug-likeness (QED) is 0.815. The van der Waals surface area contributed by atoms with Crippen LogP contribution in [0.3, 0.4) is 0 Å². The average molecular weight is 218 g/mol. The maximum Gasteiger partial charge on any atom is 0.0373 e. The second-order valence-corrected chi connectivity index (χ2v) is 5.44. The van der Waals surface area contributed by atoms with E-state index in [9.17, 15) is 0 Å². The Labute approximate surface area is 98.2 Å². The van der Waals surface area contributed by atoms with Crippen LogP contribution in [0.5, 0.6) is 0 Å². The van der Waals surface area contributed by atoms with Crippen molar-refractivity contribution in [2.75, 3.05) is 11.9 Å². The zero-order valence-electron chi connectivity index (χ0n) is 10.5. The van der Waals surface area contributed by atoms with E-state index in [0.717, 1.165) is 19.4 Å². The maximum absolute atomic E-state index is 6.08. The van der Waals surface area contributed by atoms with Crippen LogP contribution >= 0.6 is 0 Å². The molecule has 0 aromatic heterocycles. The molecule has 88 valence electrons. The van der Waals surface area contributed by atoms with Gasteiger partial charge in [0, 0.05) is 17.8 Å². The van der Waals surface area contributed by atoms with Crippen LogP contribution in [0.1, 0.15) is 43.7 Å². The molecule has 0 bridgehead atoms. The molecule has 1 saturated carbocycles. The van der Waals surface area contributed by atoms with Gasteiger partial charge in [0.1, 0.15) is 0 Å². The summed E-state index contributed by atoms with van der Waals surface area (Å²) in [6, 6.07) is 6.65. The third-order valence-electron chi connectivity index (χ3n) is 3.45. The van der Waals surface area contributed by atoms with Gasteiger partial charge in [-0.25, -0.2) is 0 Å². The first-order chi connectivity index (χ1) is 7.50. The smallest absolute Gasteiger partial charge is 0.0373 e. The van der Waals surface area contributed by atoms with Gasteiger partial charge in [0.05, 0.1) is 0 Å². The van der Waals surface area contributed by atoms with Crippen molar-refractivity contribution in [2.45, 2.75) is 45.1 Å². The number of nitrogens with two attached hydrogens (primary N) is 1. The van der Waals surface area contributed by atoms with Gasteiger partial charge in [0.2, 0.25) is 0 Å². The summed E-state index contributed by atoms with van der Waals surface area (Å²) in [7, 11) is 0. The summed E-state index contributed by atoms with van der Waals surface area (Å²) in [6.07, 6.45) is 2.31. The number of hydrogen-bond acceptors (Lipinski definition) is 2. The van der Waals surface area contributed by atoms with Gasteiger partial charge in [0.25, 0.3) is 0 Å². The van der Waals surface area contributed by atoms with Gasteiger partial charge in [-0.2, -0.15) is 0 Å². The summed E-state index contributed by atoms with van der Waals surface area (Å²) >= 11 is 0. The highest BCUT2D eigenvalue weighted by atomic mass is 15.0. The fraction of sp³-hybridized carbons (Fsp3) is 0.571. The van der Waals surface area contributed by atoms with Gasteiger partial charge in [-0.05, 0) is 42.9 Å². The second-order valence-electron chi connectivity index (χ2n) is 5.44. The molecule has 1 fully saturated rings. The van der Waals surface area contributed by atoms with Crippen LogP contribution in [0.2, 0.25) is 0 Å². The minimum absolute atomic E-state index is 0.0697. The largest absolute Gasteiger partial charge is 0.383 e. The molecule has 0 radical (unpaired) electrons. The Morgan fingerprint density at radius 1 is 1.38 bits per heavy atom. The van der Waals surface area contributed by atoms with Gasteiger partial charge in [-0.3, -0.25) is 0 Å². The van der Waals surface area contributed by atoms with Crippen molar-refractivity contribution < 1.29 is 0 Å². The maximum atomic E-state index is 6.08. The molecule has 1 aliphatic rings. The molecule has 0 spiro atoms. The highest BCUT2D eigenvalue weighted by Gasteiger charge is 2.37. The SMILES string of the molecule is Cc1ccc(C(C)C)cc1NCC1(N)CC1. The Balaban J connectivity index is 2.09. The fourth-order valence-corrected chi connectivity index (χ4v) is 1.80. The summed E-state index contributed by atoms with van der Waals surface area (Å²) in [5, 5.41) is 3.49. The Morgan fingerprint density at radius 2 is 2.06 bits per heavy atom. The van der Waals surface area contributed by atoms with Gasteiger partial charge >= 0.3 is 0 Å². The zero-order chi connectivity index (χ0) is 11.8. The van der Waals surface area contributed by atoms with Crippen LogP contribution in [0.25, 0.3) is 0 Å². The van der Waals surface area contributed by atoms with Crippen molar-refractivity contribution in [1.29, 1.82) is 0 Å². The molecular formula is C14H22N2. The Morgan fingerprint density at radius 3 is 2.62 bits per heavy atom. The molecule has 0 atom stereocenters. The highest BCUT2D eigenvalue weighted by Crippen LogP contribution is 2.32. The van der Waals surface area contributed by atoms with Crippen molar-refractivity contribution >= 4 is 5.69 Å². The van der Waals surface area contributed by atoms with Gasteiger partial charge in [-0.1, -0.05) is 26.0 Å². The van der Waals surface area contributed by atoms with Gasteiger partial charge < -0.3 is 11.1 Å². The number of benzene rings is 1. The molecule has 0 aliphatic heterocycles. The second kappa shape index (κ2) is 4.10. The lowest BCUT2D eigenvalue weighted by atomic mass is 10.0. The lowest BCUT2D eigenvalue weighted by Crippen LogP contribution is -2.31. The Kier molecular flexibility index (Phi) is 2.94. The van der Waals surface area contributed by atoms with Crippen LogP contribution < -0.4 is 11.1 Å². The fourth-order valence-electron chi connectivity index (χ4n) is 1.80. The van der Waals surface area contributed by atoms with E-state index in [-0.39, 0.29) is 5.54 Å². The van der Waals surface area contributed by atoms with Crippen molar-refractivity contribution in [2.24, 2.45) is 5.73 Å². The predicted octanol–water partition coefficient (Wildman–Crippen LogP) is 3.02. The number of hydrogen-bond donors (Lipinski definition) is 2. The molecule has 0 amide bonds. The topological polar surface area (TPSA) is 38.0 Å². The molecule has 2 heteroatoms. The predicted molar refractivity (Wildman–Crippen MR) is 69.9 cm³/mol. The first kappa shape index (κ1) is 11.5. The molecule has 1 aromatic carbocycles. The molecule has 2 rings (SSSR count). The summed E-state index contributed by atoms with van der Waals surface area (Å²) in [4.78, 5) is 0. The molecular weight excluding hydrogens is 196 g/mol. The van der Waals surface area contributed by atoms with E-state index in [1.165, 1.54) is 16.8 Å². The van der Waals surface area contributed by atoms with E-state index in [0.29, 0.717) is 5.92 Å². The van der Waals surface area contributed by atoms with Crippen LogP contribution in [0.4, 0.5) is 5.69 Å². The molecule has 0 unspecified atom stereocenters. The van der Waals surface area contributed by atoms with Crippen molar-refractivity contribution in [3.05, 3.63) is 29.3 Å². The molecule has 16 heavy (non-hydrogen) atoms. The third kappa shape index (κ3) is 2.56. The van der Waals surface area contributed by atoms with Crippen molar-refractivity contribution in [1.82, 2.24) is 0 Å². The Bertz CT molecular complexity index is 378. The standard InChI is InChI=1S/C14H22N2/c1-10(2)12-5-4-11(3)13(8-12)16-9-14(15)6-7-14/h4-5,8,10,16H,6-7,9,15H2,1-3H3. The van der Waals surface area contributed by atoms with Crippen LogP contribution in [-0.4, -0.2) is 12.1 Å². The normalized spacial score (nSPS) is 17.6. The van der Waals surface area contributed by atoms with E-state index in [1.54, 1.807) is 0 Å². The van der Waals surface area contributed by atoms with Crippen LogP contribution in [-0.2, 0) is 0 Å². The Hall–Kier alpha value is -1.02. The average Bonchev–Trinajstić information content (AvgIpc) is 2.95. The van der Waals surface area contributed by atoms with Gasteiger partial charge in [0.15, 0.2) is 0 Å². The highest BCUT2D eigenvalue weighted by molar-refractivity contribution is 5.53. The summed E-state index contributed by atoms with van der Waals surface area (Å²) in [6.45, 7) is 7.48. The van der Waals surface area contributed by atoms with Crippen LogP contribution in [0.15, 0.2) is 18.2 Å². The summed E-state index contributed by atoms with van der Waals surface area (Å²) < 4.78 is 0. The molecule has 0 saturated heterocycles. The van der Waals surface area contributed by atoms with E-state index in [2.05, 4.69) is 44.3 Å². The third-order valence-corrected chi connectivity index (χ3v) is 3.45. The number of aryl methyl sites for hydroxylation is 1. The van der Waals surface area contributed by atoms with E-state index in [1.807, 2.05) is 0 Å². The van der Waals surface area contributed by atoms with Gasteiger partial charge in [-0.15, -0.1) is 0 Å². The number of anilines is 1. The first-order valence-electron chi connectivity index (χ1n) is 6.13. The lowest BCUT2D eigenvalue weighted by Gasteiger charge is -2.16. The molecule has 1 aromatic rings. The minimum Gasteiger partial charge on any atom is -0.383 e. The van der Waals surface area contributed by atoms with E-state index in [4.69, 9.17) is 5.73 Å². The van der Waals surface area contributed by atoms with Crippen molar-refractivity contribution in [3.8, 4) is 0 Å². The minimum atomic E-state index is 0.0697. The van der Waals surface area contributed by atoms with E-state index >= 15 is 0 Å². The summed E-state index contributed by atoms with van der Waals surface area (Å²) in [5.74, 6) is 0.578. The number of rotatable bonds is 4. The molecule has 3 N–H and O–H groups in total. The lowest BCUT2D eigenvalue weighted by molar-refractivity contribution is 0.713. The monoisotopic (exact) mass is 218 g/mol. The molecule has 2 nitrogen and oxygen atoms in total. The number of nitrogens with one attached hydrogen (secondary N) is 1. The summed E-state index contributed by atoms with van der Waals surface area (Å²) in [5.41, 5.74) is 10.1.